The van der Waals surface area contributed by atoms with Crippen LogP contribution in [0.25, 0.3) is 0 Å². The van der Waals surface area contributed by atoms with Gasteiger partial charge in [0.1, 0.15) is 0 Å². The number of rotatable bonds is 5. The van der Waals surface area contributed by atoms with Crippen LogP contribution in [-0.4, -0.2) is 18.5 Å². The molecule has 112 valence electrons. The molecule has 1 aliphatic carbocycles. The number of carbonyl (C=O) groups excluding carboxylic acids is 1. The summed E-state index contributed by atoms with van der Waals surface area (Å²) in [6.45, 7) is 0.677. The van der Waals surface area contributed by atoms with Gasteiger partial charge in [-0.1, -0.05) is 34.5 Å². The van der Waals surface area contributed by atoms with Crippen molar-refractivity contribution in [1.82, 2.24) is 5.32 Å². The molecule has 1 amide bonds. The van der Waals surface area contributed by atoms with Crippen LogP contribution in [0.15, 0.2) is 28.7 Å². The van der Waals surface area contributed by atoms with Crippen molar-refractivity contribution in [2.75, 3.05) is 6.54 Å². The van der Waals surface area contributed by atoms with Crippen LogP contribution in [0.4, 0.5) is 0 Å². The first-order valence-corrected chi connectivity index (χ1v) is 7.72. The van der Waals surface area contributed by atoms with E-state index in [0.717, 1.165) is 23.7 Å². The summed E-state index contributed by atoms with van der Waals surface area (Å²) in [5, 5.41) is 3.13. The van der Waals surface area contributed by atoms with Crippen LogP contribution >= 0.6 is 28.3 Å². The van der Waals surface area contributed by atoms with Crippen molar-refractivity contribution < 1.29 is 4.79 Å². The third kappa shape index (κ3) is 5.08. The highest BCUT2D eigenvalue weighted by molar-refractivity contribution is 9.10. The molecule has 0 saturated heterocycles. The van der Waals surface area contributed by atoms with Gasteiger partial charge in [0, 0.05) is 16.9 Å². The monoisotopic (exact) mass is 360 g/mol. The van der Waals surface area contributed by atoms with E-state index in [0.29, 0.717) is 24.9 Å². The van der Waals surface area contributed by atoms with Crippen molar-refractivity contribution in [2.45, 2.75) is 38.1 Å². The molecule has 0 heterocycles. The van der Waals surface area contributed by atoms with Crippen molar-refractivity contribution in [2.24, 2.45) is 11.7 Å². The van der Waals surface area contributed by atoms with Gasteiger partial charge in [-0.05, 0) is 49.4 Å². The fourth-order valence-electron chi connectivity index (χ4n) is 2.74. The van der Waals surface area contributed by atoms with Gasteiger partial charge in [0.2, 0.25) is 5.91 Å². The van der Waals surface area contributed by atoms with Crippen LogP contribution in [0.1, 0.15) is 31.2 Å². The first kappa shape index (κ1) is 17.5. The summed E-state index contributed by atoms with van der Waals surface area (Å²) >= 11 is 3.44. The highest BCUT2D eigenvalue weighted by Gasteiger charge is 2.26. The molecule has 0 bridgehead atoms. The van der Waals surface area contributed by atoms with Crippen LogP contribution in [0.2, 0.25) is 0 Å². The van der Waals surface area contributed by atoms with Gasteiger partial charge in [0.05, 0.1) is 0 Å². The molecule has 1 saturated carbocycles. The SMILES string of the molecule is Cl.NCC1CCCC1NC(=O)CCc1cccc(Br)c1. The van der Waals surface area contributed by atoms with Crippen LogP contribution < -0.4 is 11.1 Å². The third-order valence-electron chi connectivity index (χ3n) is 3.84. The zero-order valence-corrected chi connectivity index (χ0v) is 13.9. The number of hydrogen-bond donors (Lipinski definition) is 2. The normalized spacial score (nSPS) is 21.3. The summed E-state index contributed by atoms with van der Waals surface area (Å²) in [5.41, 5.74) is 6.91. The topological polar surface area (TPSA) is 55.1 Å². The minimum atomic E-state index is 0. The summed E-state index contributed by atoms with van der Waals surface area (Å²) in [4.78, 5) is 12.0. The van der Waals surface area contributed by atoms with Crippen molar-refractivity contribution in [1.29, 1.82) is 0 Å². The number of hydrogen-bond acceptors (Lipinski definition) is 2. The largest absolute Gasteiger partial charge is 0.353 e. The zero-order chi connectivity index (χ0) is 13.7. The average molecular weight is 362 g/mol. The van der Waals surface area contributed by atoms with Crippen molar-refractivity contribution in [3.05, 3.63) is 34.3 Å². The number of nitrogens with one attached hydrogen (secondary N) is 1. The molecule has 1 aromatic rings. The molecule has 0 spiro atoms. The Hall–Kier alpha value is -0.580. The highest BCUT2D eigenvalue weighted by Crippen LogP contribution is 2.24. The lowest BCUT2D eigenvalue weighted by atomic mass is 10.0. The first-order chi connectivity index (χ1) is 9.19. The minimum Gasteiger partial charge on any atom is -0.353 e. The maximum absolute atomic E-state index is 12.0. The summed E-state index contributed by atoms with van der Waals surface area (Å²) in [6.07, 6.45) is 4.73. The third-order valence-corrected chi connectivity index (χ3v) is 4.33. The maximum Gasteiger partial charge on any atom is 0.220 e. The smallest absolute Gasteiger partial charge is 0.220 e. The van der Waals surface area contributed by atoms with Crippen molar-refractivity contribution in [3.8, 4) is 0 Å². The zero-order valence-electron chi connectivity index (χ0n) is 11.5. The Morgan fingerprint density at radius 3 is 2.90 bits per heavy atom. The lowest BCUT2D eigenvalue weighted by Gasteiger charge is -2.19. The van der Waals surface area contributed by atoms with Gasteiger partial charge in [-0.2, -0.15) is 0 Å². The van der Waals surface area contributed by atoms with E-state index in [4.69, 9.17) is 5.73 Å². The van der Waals surface area contributed by atoms with Gasteiger partial charge in [0.25, 0.3) is 0 Å². The second-order valence-electron chi connectivity index (χ2n) is 5.23. The molecule has 3 nitrogen and oxygen atoms in total. The lowest BCUT2D eigenvalue weighted by Crippen LogP contribution is -2.39. The Kier molecular flexibility index (Phi) is 7.56. The van der Waals surface area contributed by atoms with Crippen LogP contribution in [0, 0.1) is 5.92 Å². The summed E-state index contributed by atoms with van der Waals surface area (Å²) < 4.78 is 1.06. The number of benzene rings is 1. The number of aryl methyl sites for hydroxylation is 1. The predicted molar refractivity (Wildman–Crippen MR) is 88.0 cm³/mol. The lowest BCUT2D eigenvalue weighted by molar-refractivity contribution is -0.122. The molecule has 5 heteroatoms. The van der Waals surface area contributed by atoms with E-state index < -0.39 is 0 Å². The minimum absolute atomic E-state index is 0. The molecule has 1 fully saturated rings. The van der Waals surface area contributed by atoms with E-state index in [9.17, 15) is 4.79 Å². The second-order valence-corrected chi connectivity index (χ2v) is 6.15. The number of nitrogens with two attached hydrogens (primary N) is 1. The molecule has 2 unspecified atom stereocenters. The molecular weight excluding hydrogens is 340 g/mol. The first-order valence-electron chi connectivity index (χ1n) is 6.93. The summed E-state index contributed by atoms with van der Waals surface area (Å²) in [7, 11) is 0. The van der Waals surface area contributed by atoms with Crippen LogP contribution in [0.3, 0.4) is 0 Å². The molecule has 0 aliphatic heterocycles. The second kappa shape index (κ2) is 8.65. The summed E-state index contributed by atoms with van der Waals surface area (Å²) in [5.74, 6) is 0.611. The Balaban J connectivity index is 0.00000200. The van der Waals surface area contributed by atoms with Crippen molar-refractivity contribution in [3.63, 3.8) is 0 Å². The fourth-order valence-corrected chi connectivity index (χ4v) is 3.18. The van der Waals surface area contributed by atoms with E-state index in [1.54, 1.807) is 0 Å². The maximum atomic E-state index is 12.0. The van der Waals surface area contributed by atoms with E-state index in [1.807, 2.05) is 12.1 Å². The van der Waals surface area contributed by atoms with Crippen LogP contribution in [-0.2, 0) is 11.2 Å². The molecule has 3 N–H and O–H groups in total. The van der Waals surface area contributed by atoms with Gasteiger partial charge in [0.15, 0.2) is 0 Å². The highest BCUT2D eigenvalue weighted by atomic mass is 79.9. The predicted octanol–water partition coefficient (Wildman–Crippen LogP) is 3.05. The standard InChI is InChI=1S/C15H21BrN2O.ClH/c16-13-5-1-3-11(9-13)7-8-15(19)18-14-6-2-4-12(14)10-17;/h1,3,5,9,12,14H,2,4,6-8,10,17H2,(H,18,19);1H. The average Bonchev–Trinajstić information content (AvgIpc) is 2.84. The van der Waals surface area contributed by atoms with Gasteiger partial charge < -0.3 is 11.1 Å². The molecule has 1 aliphatic rings. The number of amides is 1. The molecule has 0 aromatic heterocycles. The Morgan fingerprint density at radius 1 is 1.40 bits per heavy atom. The van der Waals surface area contributed by atoms with Gasteiger partial charge in [-0.15, -0.1) is 12.4 Å². The fraction of sp³-hybridized carbons (Fsp3) is 0.533. The molecule has 20 heavy (non-hydrogen) atoms. The van der Waals surface area contributed by atoms with E-state index in [2.05, 4.69) is 33.4 Å². The Labute approximate surface area is 135 Å². The Bertz CT molecular complexity index is 442. The molecule has 1 aromatic carbocycles. The molecular formula is C15H22BrClN2O. The van der Waals surface area contributed by atoms with Gasteiger partial charge >= 0.3 is 0 Å². The number of carbonyl (C=O) groups is 1. The number of halogens is 2. The molecule has 2 rings (SSSR count). The van der Waals surface area contributed by atoms with Crippen molar-refractivity contribution >= 4 is 34.2 Å². The van der Waals surface area contributed by atoms with Crippen LogP contribution in [0.5, 0.6) is 0 Å². The van der Waals surface area contributed by atoms with E-state index in [-0.39, 0.29) is 18.3 Å². The molecule has 0 radical (unpaired) electrons. The van der Waals surface area contributed by atoms with Gasteiger partial charge in [-0.3, -0.25) is 4.79 Å². The Morgan fingerprint density at radius 2 is 2.20 bits per heavy atom. The molecule has 2 atom stereocenters. The van der Waals surface area contributed by atoms with E-state index >= 15 is 0 Å². The van der Waals surface area contributed by atoms with Gasteiger partial charge in [-0.25, -0.2) is 0 Å². The van der Waals surface area contributed by atoms with E-state index in [1.165, 1.54) is 12.0 Å². The summed E-state index contributed by atoms with van der Waals surface area (Å²) in [6, 6.07) is 8.40. The quantitative estimate of drug-likeness (QED) is 0.847.